The Bertz CT molecular complexity index is 356. The molecule has 0 amide bonds. The van der Waals surface area contributed by atoms with Crippen molar-refractivity contribution in [1.29, 1.82) is 0 Å². The molecule has 0 bridgehead atoms. The van der Waals surface area contributed by atoms with Crippen LogP contribution in [0.3, 0.4) is 0 Å². The number of thioether (sulfide) groups is 1. The average Bonchev–Trinajstić information content (AvgIpc) is 2.58. The highest BCUT2D eigenvalue weighted by molar-refractivity contribution is 8.00. The smallest absolute Gasteiger partial charge is 0.146 e. The second-order valence-electron chi connectivity index (χ2n) is 3.74. The third-order valence-electron chi connectivity index (χ3n) is 2.65. The van der Waals surface area contributed by atoms with E-state index in [4.69, 9.17) is 0 Å². The third kappa shape index (κ3) is 2.43. The summed E-state index contributed by atoms with van der Waals surface area (Å²) in [4.78, 5) is 0. The van der Waals surface area contributed by atoms with Crippen molar-refractivity contribution in [1.82, 2.24) is 0 Å². The van der Waals surface area contributed by atoms with Crippen LogP contribution in [-0.2, 0) is 0 Å². The number of anilines is 1. The van der Waals surface area contributed by atoms with E-state index in [1.54, 1.807) is 0 Å². The number of benzene rings is 1. The van der Waals surface area contributed by atoms with Crippen LogP contribution in [0, 0.1) is 11.6 Å². The van der Waals surface area contributed by atoms with Crippen LogP contribution in [0.1, 0.15) is 13.3 Å². The highest BCUT2D eigenvalue weighted by atomic mass is 32.2. The van der Waals surface area contributed by atoms with Gasteiger partial charge >= 0.3 is 0 Å². The van der Waals surface area contributed by atoms with Crippen molar-refractivity contribution in [2.45, 2.75) is 24.6 Å². The number of halogens is 2. The molecule has 1 saturated heterocycles. The fourth-order valence-corrected chi connectivity index (χ4v) is 2.93. The number of rotatable bonds is 2. The highest BCUT2D eigenvalue weighted by Gasteiger charge is 2.24. The molecule has 4 heteroatoms. The van der Waals surface area contributed by atoms with Crippen molar-refractivity contribution in [2.75, 3.05) is 11.1 Å². The molecule has 1 heterocycles. The Morgan fingerprint density at radius 2 is 2.20 bits per heavy atom. The first-order chi connectivity index (χ1) is 7.16. The van der Waals surface area contributed by atoms with E-state index in [1.807, 2.05) is 11.8 Å². The lowest BCUT2D eigenvalue weighted by Gasteiger charge is -2.18. The zero-order valence-corrected chi connectivity index (χ0v) is 9.28. The van der Waals surface area contributed by atoms with Gasteiger partial charge in [-0.3, -0.25) is 0 Å². The maximum atomic E-state index is 13.3. The fourth-order valence-electron chi connectivity index (χ4n) is 1.73. The number of hydrogen-bond acceptors (Lipinski definition) is 2. The van der Waals surface area contributed by atoms with E-state index >= 15 is 0 Å². The standard InChI is InChI=1S/C11H13F2NS/c1-7-10(4-5-15-7)14-11-6-8(12)2-3-9(11)13/h2-3,6-7,10,14H,4-5H2,1H3. The predicted octanol–water partition coefficient (Wildman–Crippen LogP) is 3.27. The van der Waals surface area contributed by atoms with Gasteiger partial charge < -0.3 is 5.32 Å². The van der Waals surface area contributed by atoms with Gasteiger partial charge in [-0.1, -0.05) is 6.92 Å². The summed E-state index contributed by atoms with van der Waals surface area (Å²) < 4.78 is 26.2. The van der Waals surface area contributed by atoms with Crippen LogP contribution >= 0.6 is 11.8 Å². The maximum absolute atomic E-state index is 13.3. The summed E-state index contributed by atoms with van der Waals surface area (Å²) in [6.07, 6.45) is 1.00. The molecule has 1 aliphatic heterocycles. The SMILES string of the molecule is CC1SCCC1Nc1cc(F)ccc1F. The van der Waals surface area contributed by atoms with Gasteiger partial charge in [0, 0.05) is 11.3 Å². The summed E-state index contributed by atoms with van der Waals surface area (Å²) in [7, 11) is 0. The summed E-state index contributed by atoms with van der Waals surface area (Å²) >= 11 is 1.86. The molecular formula is C11H13F2NS. The molecule has 0 spiro atoms. The molecule has 2 unspecified atom stereocenters. The van der Waals surface area contributed by atoms with E-state index in [0.29, 0.717) is 5.25 Å². The van der Waals surface area contributed by atoms with Crippen LogP contribution in [0.4, 0.5) is 14.5 Å². The van der Waals surface area contributed by atoms with Crippen LogP contribution in [0.25, 0.3) is 0 Å². The molecule has 0 aliphatic carbocycles. The molecule has 2 rings (SSSR count). The van der Waals surface area contributed by atoms with Crippen molar-refractivity contribution in [2.24, 2.45) is 0 Å². The van der Waals surface area contributed by atoms with Crippen molar-refractivity contribution in [3.63, 3.8) is 0 Å². The van der Waals surface area contributed by atoms with Gasteiger partial charge in [0.15, 0.2) is 0 Å². The molecule has 1 aliphatic rings. The van der Waals surface area contributed by atoms with Gasteiger partial charge in [0.1, 0.15) is 11.6 Å². The Morgan fingerprint density at radius 1 is 1.40 bits per heavy atom. The summed E-state index contributed by atoms with van der Waals surface area (Å²) in [6.45, 7) is 2.10. The van der Waals surface area contributed by atoms with E-state index in [1.165, 1.54) is 6.07 Å². The topological polar surface area (TPSA) is 12.0 Å². The number of hydrogen-bond donors (Lipinski definition) is 1. The average molecular weight is 229 g/mol. The second-order valence-corrected chi connectivity index (χ2v) is 5.22. The zero-order valence-electron chi connectivity index (χ0n) is 8.47. The molecular weight excluding hydrogens is 216 g/mol. The predicted molar refractivity (Wildman–Crippen MR) is 60.3 cm³/mol. The molecule has 1 fully saturated rings. The van der Waals surface area contributed by atoms with Gasteiger partial charge in [0.2, 0.25) is 0 Å². The van der Waals surface area contributed by atoms with E-state index in [-0.39, 0.29) is 17.5 Å². The minimum atomic E-state index is -0.405. The normalized spacial score (nSPS) is 25.5. The highest BCUT2D eigenvalue weighted by Crippen LogP contribution is 2.29. The molecule has 1 aromatic rings. The van der Waals surface area contributed by atoms with Gasteiger partial charge in [0.25, 0.3) is 0 Å². The van der Waals surface area contributed by atoms with Gasteiger partial charge in [-0.15, -0.1) is 0 Å². The van der Waals surface area contributed by atoms with Gasteiger partial charge in [-0.05, 0) is 30.4 Å². The molecule has 1 N–H and O–H groups in total. The molecule has 1 nitrogen and oxygen atoms in total. The molecule has 0 radical (unpaired) electrons. The lowest BCUT2D eigenvalue weighted by molar-refractivity contribution is 0.597. The van der Waals surface area contributed by atoms with E-state index in [2.05, 4.69) is 12.2 Å². The quantitative estimate of drug-likeness (QED) is 0.835. The Morgan fingerprint density at radius 3 is 2.87 bits per heavy atom. The van der Waals surface area contributed by atoms with E-state index in [0.717, 1.165) is 24.3 Å². The first kappa shape index (κ1) is 10.7. The van der Waals surface area contributed by atoms with Crippen LogP contribution in [0.15, 0.2) is 18.2 Å². The molecule has 2 atom stereocenters. The molecule has 0 saturated carbocycles. The Hall–Kier alpha value is -0.770. The molecule has 82 valence electrons. The first-order valence-corrected chi connectivity index (χ1v) is 6.05. The van der Waals surface area contributed by atoms with Crippen LogP contribution in [0.5, 0.6) is 0 Å². The Labute approximate surface area is 92.3 Å². The number of nitrogens with one attached hydrogen (secondary N) is 1. The summed E-state index contributed by atoms with van der Waals surface area (Å²) in [6, 6.07) is 3.74. The van der Waals surface area contributed by atoms with Crippen LogP contribution < -0.4 is 5.32 Å². The second kappa shape index (κ2) is 4.39. The van der Waals surface area contributed by atoms with Gasteiger partial charge in [-0.25, -0.2) is 8.78 Å². The minimum Gasteiger partial charge on any atom is -0.379 e. The molecule has 0 aromatic heterocycles. The maximum Gasteiger partial charge on any atom is 0.146 e. The molecule has 15 heavy (non-hydrogen) atoms. The van der Waals surface area contributed by atoms with Gasteiger partial charge in [0.05, 0.1) is 5.69 Å². The van der Waals surface area contributed by atoms with Gasteiger partial charge in [-0.2, -0.15) is 11.8 Å². The summed E-state index contributed by atoms with van der Waals surface area (Å²) in [5, 5.41) is 3.52. The molecule has 1 aromatic carbocycles. The van der Waals surface area contributed by atoms with Crippen LogP contribution in [-0.4, -0.2) is 17.0 Å². The fraction of sp³-hybridized carbons (Fsp3) is 0.455. The van der Waals surface area contributed by atoms with E-state index < -0.39 is 5.82 Å². The van der Waals surface area contributed by atoms with Crippen molar-refractivity contribution < 1.29 is 8.78 Å². The van der Waals surface area contributed by atoms with Crippen molar-refractivity contribution >= 4 is 17.4 Å². The summed E-state index contributed by atoms with van der Waals surface area (Å²) in [5.41, 5.74) is 0.273. The zero-order chi connectivity index (χ0) is 10.8. The van der Waals surface area contributed by atoms with E-state index in [9.17, 15) is 8.78 Å². The lowest BCUT2D eigenvalue weighted by atomic mass is 10.1. The van der Waals surface area contributed by atoms with Crippen LogP contribution in [0.2, 0.25) is 0 Å². The van der Waals surface area contributed by atoms with Crippen molar-refractivity contribution in [3.05, 3.63) is 29.8 Å². The Kier molecular flexibility index (Phi) is 3.14. The minimum absolute atomic E-state index is 0.242. The summed E-state index contributed by atoms with van der Waals surface area (Å²) in [5.74, 6) is 0.285. The Balaban J connectivity index is 2.12. The first-order valence-electron chi connectivity index (χ1n) is 5.00. The largest absolute Gasteiger partial charge is 0.379 e. The monoisotopic (exact) mass is 229 g/mol. The third-order valence-corrected chi connectivity index (χ3v) is 3.97. The van der Waals surface area contributed by atoms with Crippen molar-refractivity contribution in [3.8, 4) is 0 Å². The lowest BCUT2D eigenvalue weighted by Crippen LogP contribution is -2.25.